The average Bonchev–Trinajstić information content (AvgIpc) is 3.06. The first kappa shape index (κ1) is 18.6. The smallest absolute Gasteiger partial charge is 0.440 e. The highest BCUT2D eigenvalue weighted by atomic mass is 16.7. The number of benzene rings is 3. The lowest BCUT2D eigenvalue weighted by molar-refractivity contribution is -0.148. The molecule has 0 spiro atoms. The van der Waals surface area contributed by atoms with Gasteiger partial charge in [0.2, 0.25) is 0 Å². The predicted octanol–water partition coefficient (Wildman–Crippen LogP) is 3.93. The van der Waals surface area contributed by atoms with E-state index in [4.69, 9.17) is 9.57 Å². The Bertz CT molecular complexity index is 1000. The lowest BCUT2D eigenvalue weighted by Gasteiger charge is -2.14. The number of nitrogens with one attached hydrogen (secondary N) is 1. The van der Waals surface area contributed by atoms with E-state index in [2.05, 4.69) is 12.1 Å². The van der Waals surface area contributed by atoms with Crippen LogP contribution in [0, 0.1) is 0 Å². The average molecular weight is 389 g/mol. The van der Waals surface area contributed by atoms with Crippen molar-refractivity contribution < 1.29 is 24.3 Å². The maximum Gasteiger partial charge on any atom is 0.440 e. The Hall–Kier alpha value is -3.80. The van der Waals surface area contributed by atoms with E-state index in [-0.39, 0.29) is 24.7 Å². The maximum absolute atomic E-state index is 12.0. The molecule has 1 amide bonds. The van der Waals surface area contributed by atoms with Gasteiger partial charge in [0.25, 0.3) is 0 Å². The number of carbonyl (C=O) groups excluding carboxylic acids is 2. The van der Waals surface area contributed by atoms with Crippen molar-refractivity contribution in [3.8, 4) is 16.9 Å². The number of hydrogen-bond acceptors (Lipinski definition) is 5. The van der Waals surface area contributed by atoms with Gasteiger partial charge in [-0.3, -0.25) is 0 Å². The Morgan fingerprint density at radius 3 is 2.07 bits per heavy atom. The van der Waals surface area contributed by atoms with Gasteiger partial charge in [0.1, 0.15) is 12.4 Å². The first-order valence-corrected chi connectivity index (χ1v) is 9.20. The zero-order valence-corrected chi connectivity index (χ0v) is 15.5. The summed E-state index contributed by atoms with van der Waals surface area (Å²) in [6.07, 6.45) is -0.866. The molecule has 4 rings (SSSR count). The third kappa shape index (κ3) is 4.06. The largest absolute Gasteiger partial charge is 0.508 e. The van der Waals surface area contributed by atoms with Crippen molar-refractivity contribution in [2.24, 2.45) is 0 Å². The monoisotopic (exact) mass is 389 g/mol. The Morgan fingerprint density at radius 2 is 1.45 bits per heavy atom. The molecule has 6 nitrogen and oxygen atoms in total. The highest BCUT2D eigenvalue weighted by molar-refractivity contribution is 5.79. The molecule has 6 heteroatoms. The van der Waals surface area contributed by atoms with Crippen LogP contribution in [0.3, 0.4) is 0 Å². The summed E-state index contributed by atoms with van der Waals surface area (Å²) in [4.78, 5) is 28.6. The molecule has 0 radical (unpaired) electrons. The van der Waals surface area contributed by atoms with Crippen LogP contribution in [-0.4, -0.2) is 23.8 Å². The van der Waals surface area contributed by atoms with Gasteiger partial charge < -0.3 is 14.7 Å². The molecule has 0 saturated carbocycles. The van der Waals surface area contributed by atoms with Crippen LogP contribution in [0.15, 0.2) is 72.8 Å². The van der Waals surface area contributed by atoms with Crippen molar-refractivity contribution >= 4 is 12.1 Å². The second kappa shape index (κ2) is 8.06. The molecule has 3 aromatic rings. The fraction of sp³-hybridized carbons (Fsp3) is 0.130. The van der Waals surface area contributed by atoms with Gasteiger partial charge >= 0.3 is 12.1 Å². The van der Waals surface area contributed by atoms with E-state index in [9.17, 15) is 14.7 Å². The van der Waals surface area contributed by atoms with Gasteiger partial charge in [-0.2, -0.15) is 0 Å². The van der Waals surface area contributed by atoms with Crippen LogP contribution < -0.4 is 5.48 Å². The molecular weight excluding hydrogens is 370 g/mol. The Labute approximate surface area is 167 Å². The van der Waals surface area contributed by atoms with Gasteiger partial charge in [0, 0.05) is 5.92 Å². The molecule has 1 aliphatic carbocycles. The number of hydrogen-bond donors (Lipinski definition) is 2. The van der Waals surface area contributed by atoms with Gasteiger partial charge in [-0.05, 0) is 39.9 Å². The lowest BCUT2D eigenvalue weighted by atomic mass is 9.98. The van der Waals surface area contributed by atoms with Crippen LogP contribution in [0.25, 0.3) is 11.1 Å². The van der Waals surface area contributed by atoms with E-state index in [1.54, 1.807) is 12.1 Å². The maximum atomic E-state index is 12.0. The zero-order chi connectivity index (χ0) is 20.2. The van der Waals surface area contributed by atoms with Crippen molar-refractivity contribution in [2.75, 3.05) is 6.61 Å². The van der Waals surface area contributed by atoms with Crippen molar-refractivity contribution in [2.45, 2.75) is 12.3 Å². The summed E-state index contributed by atoms with van der Waals surface area (Å²) in [7, 11) is 0. The van der Waals surface area contributed by atoms with E-state index in [0.717, 1.165) is 22.3 Å². The van der Waals surface area contributed by atoms with Gasteiger partial charge in [0.15, 0.2) is 0 Å². The standard InChI is InChI=1S/C23H19NO5/c25-16-11-9-15(10-12-16)13-22(26)29-24-23(27)28-14-21-19-7-3-1-5-17(19)18-6-2-4-8-20(18)21/h1-12,21,25H,13-14H2,(H,24,27). The molecule has 29 heavy (non-hydrogen) atoms. The molecule has 0 unspecified atom stereocenters. The summed E-state index contributed by atoms with van der Waals surface area (Å²) in [5, 5.41) is 9.25. The molecule has 3 aromatic carbocycles. The summed E-state index contributed by atoms with van der Waals surface area (Å²) in [6, 6.07) is 22.2. The number of carbonyl (C=O) groups is 2. The van der Waals surface area contributed by atoms with Gasteiger partial charge in [-0.15, -0.1) is 5.48 Å². The van der Waals surface area contributed by atoms with Crippen LogP contribution in [0.4, 0.5) is 4.79 Å². The number of amides is 1. The zero-order valence-electron chi connectivity index (χ0n) is 15.5. The molecule has 0 aliphatic heterocycles. The molecule has 146 valence electrons. The Morgan fingerprint density at radius 1 is 0.862 bits per heavy atom. The second-order valence-electron chi connectivity index (χ2n) is 6.74. The van der Waals surface area contributed by atoms with Crippen LogP contribution in [0.1, 0.15) is 22.6 Å². The van der Waals surface area contributed by atoms with Gasteiger partial charge in [-0.1, -0.05) is 60.7 Å². The highest BCUT2D eigenvalue weighted by Crippen LogP contribution is 2.44. The minimum Gasteiger partial charge on any atom is -0.508 e. The number of phenolic OH excluding ortho intramolecular Hbond substituents is 1. The van der Waals surface area contributed by atoms with Crippen LogP contribution >= 0.6 is 0 Å². The molecule has 0 aromatic heterocycles. The first-order chi connectivity index (χ1) is 14.1. The van der Waals surface area contributed by atoms with Gasteiger partial charge in [0.05, 0.1) is 6.42 Å². The second-order valence-corrected chi connectivity index (χ2v) is 6.74. The van der Waals surface area contributed by atoms with Crippen molar-refractivity contribution in [1.29, 1.82) is 0 Å². The highest BCUT2D eigenvalue weighted by Gasteiger charge is 2.29. The van der Waals surface area contributed by atoms with E-state index >= 15 is 0 Å². The van der Waals surface area contributed by atoms with E-state index in [1.807, 2.05) is 41.9 Å². The Balaban J connectivity index is 1.32. The number of aromatic hydroxyl groups is 1. The fourth-order valence-electron chi connectivity index (χ4n) is 3.54. The van der Waals surface area contributed by atoms with E-state index in [1.165, 1.54) is 12.1 Å². The molecule has 0 bridgehead atoms. The predicted molar refractivity (Wildman–Crippen MR) is 106 cm³/mol. The summed E-state index contributed by atoms with van der Waals surface area (Å²) in [5.74, 6) is -0.594. The van der Waals surface area contributed by atoms with E-state index < -0.39 is 12.1 Å². The summed E-state index contributed by atoms with van der Waals surface area (Å²) in [6.45, 7) is 0.134. The normalized spacial score (nSPS) is 12.0. The van der Waals surface area contributed by atoms with E-state index in [0.29, 0.717) is 5.56 Å². The SMILES string of the molecule is O=C(Cc1ccc(O)cc1)ONC(=O)OCC1c2ccccc2-c2ccccc21. The third-order valence-electron chi connectivity index (χ3n) is 4.88. The van der Waals surface area contributed by atoms with Gasteiger partial charge in [-0.25, -0.2) is 9.59 Å². The molecule has 0 heterocycles. The number of phenols is 1. The summed E-state index contributed by atoms with van der Waals surface area (Å²) < 4.78 is 5.30. The van der Waals surface area contributed by atoms with Crippen LogP contribution in [0.2, 0.25) is 0 Å². The number of fused-ring (bicyclic) bond motifs is 3. The fourth-order valence-corrected chi connectivity index (χ4v) is 3.54. The molecule has 1 aliphatic rings. The first-order valence-electron chi connectivity index (χ1n) is 9.20. The minimum atomic E-state index is -0.828. The quantitative estimate of drug-likeness (QED) is 0.661. The number of hydroxylamine groups is 1. The topological polar surface area (TPSA) is 84.9 Å². The summed E-state index contributed by atoms with van der Waals surface area (Å²) in [5.41, 5.74) is 7.16. The molecular formula is C23H19NO5. The molecule has 0 atom stereocenters. The van der Waals surface area contributed by atoms with Crippen LogP contribution in [0.5, 0.6) is 5.75 Å². The van der Waals surface area contributed by atoms with Crippen molar-refractivity contribution in [3.05, 3.63) is 89.5 Å². The molecule has 0 fully saturated rings. The lowest BCUT2D eigenvalue weighted by Crippen LogP contribution is -2.29. The van der Waals surface area contributed by atoms with Crippen LogP contribution in [-0.2, 0) is 20.8 Å². The van der Waals surface area contributed by atoms with Crippen molar-refractivity contribution in [3.63, 3.8) is 0 Å². The Kier molecular flexibility index (Phi) is 5.16. The minimum absolute atomic E-state index is 0.0378. The van der Waals surface area contributed by atoms with Crippen molar-refractivity contribution in [1.82, 2.24) is 5.48 Å². The summed E-state index contributed by atoms with van der Waals surface area (Å²) >= 11 is 0. The molecule has 2 N–H and O–H groups in total. The number of ether oxygens (including phenoxy) is 1. The third-order valence-corrected chi connectivity index (χ3v) is 4.88. The number of rotatable bonds is 4. The molecule has 0 saturated heterocycles.